The van der Waals surface area contributed by atoms with Crippen LogP contribution in [-0.4, -0.2) is 64.2 Å². The van der Waals surface area contributed by atoms with Gasteiger partial charge in [0.2, 0.25) is 5.91 Å². The molecule has 0 atom stereocenters. The van der Waals surface area contributed by atoms with Gasteiger partial charge in [0.1, 0.15) is 12.4 Å². The molecule has 2 N–H and O–H groups in total. The molecule has 0 saturated carbocycles. The first-order chi connectivity index (χ1) is 14.8. The highest BCUT2D eigenvalue weighted by Crippen LogP contribution is 2.21. The Morgan fingerprint density at radius 2 is 1.97 bits per heavy atom. The number of rotatable bonds is 4. The number of hydrogen-bond donors (Lipinski definition) is 2. The van der Waals surface area contributed by atoms with Crippen molar-refractivity contribution in [1.82, 2.24) is 25.1 Å². The predicted molar refractivity (Wildman–Crippen MR) is 117 cm³/mol. The van der Waals surface area contributed by atoms with Crippen molar-refractivity contribution >= 4 is 52.0 Å². The number of hydrogen-bond acceptors (Lipinski definition) is 4. The highest BCUT2D eigenvalue weighted by molar-refractivity contribution is 6.34. The predicted octanol–water partition coefficient (Wildman–Crippen LogP) is 2.71. The number of fused-ring (bicyclic) bond motifs is 1. The summed E-state index contributed by atoms with van der Waals surface area (Å²) >= 11 is 12.3. The Morgan fingerprint density at radius 3 is 2.71 bits per heavy atom. The Kier molecular flexibility index (Phi) is 5.84. The summed E-state index contributed by atoms with van der Waals surface area (Å²) in [5.41, 5.74) is 2.10. The third kappa shape index (κ3) is 4.50. The topological polar surface area (TPSA) is 98.4 Å². The minimum Gasteiger partial charge on any atom is -0.345 e. The van der Waals surface area contributed by atoms with Crippen LogP contribution in [0, 0.1) is 0 Å². The average Bonchev–Trinajstić information content (AvgIpc) is 3.15. The number of carbonyl (C=O) groups excluding carboxylic acids is 3. The maximum Gasteiger partial charge on any atom is 0.255 e. The smallest absolute Gasteiger partial charge is 0.255 e. The van der Waals surface area contributed by atoms with Gasteiger partial charge in [0.15, 0.2) is 0 Å². The number of piperazine rings is 1. The Morgan fingerprint density at radius 1 is 1.16 bits per heavy atom. The summed E-state index contributed by atoms with van der Waals surface area (Å²) < 4.78 is 0. The lowest BCUT2D eigenvalue weighted by Crippen LogP contribution is -2.50. The fourth-order valence-corrected chi connectivity index (χ4v) is 3.74. The van der Waals surface area contributed by atoms with Crippen molar-refractivity contribution in [2.24, 2.45) is 0 Å². The summed E-state index contributed by atoms with van der Waals surface area (Å²) in [6.45, 7) is 1.10. The van der Waals surface area contributed by atoms with E-state index in [1.165, 1.54) is 23.1 Å². The van der Waals surface area contributed by atoms with Gasteiger partial charge in [0.25, 0.3) is 11.8 Å². The van der Waals surface area contributed by atoms with Crippen LogP contribution in [0.5, 0.6) is 0 Å². The number of likely N-dealkylation sites (N-methyl/N-ethyl adjacent to an activating group) is 1. The third-order valence-electron chi connectivity index (χ3n) is 5.12. The molecule has 1 saturated heterocycles. The van der Waals surface area contributed by atoms with Crippen LogP contribution in [-0.2, 0) is 11.3 Å². The zero-order valence-electron chi connectivity index (χ0n) is 16.6. The second kappa shape index (κ2) is 8.56. The standard InChI is InChI=1S/C21H19Cl2N5O3/c1-27-6-7-28(11-19(27)29)21(31)14-4-2-12(8-15(14)23)20(30)24-10-18-25-16-5-3-13(22)9-17(16)26-18/h2-5,8-9H,6-7,10-11H2,1H3,(H,24,30)(H,25,26). The van der Waals surface area contributed by atoms with Crippen LogP contribution >= 0.6 is 23.2 Å². The third-order valence-corrected chi connectivity index (χ3v) is 5.66. The number of amides is 3. The van der Waals surface area contributed by atoms with Gasteiger partial charge in [0, 0.05) is 30.7 Å². The van der Waals surface area contributed by atoms with E-state index in [0.29, 0.717) is 35.0 Å². The quantitative estimate of drug-likeness (QED) is 0.626. The summed E-state index contributed by atoms with van der Waals surface area (Å²) in [6.07, 6.45) is 0. The number of aromatic amines is 1. The maximum absolute atomic E-state index is 12.7. The molecule has 1 fully saturated rings. The summed E-state index contributed by atoms with van der Waals surface area (Å²) in [7, 11) is 1.70. The van der Waals surface area contributed by atoms with E-state index >= 15 is 0 Å². The van der Waals surface area contributed by atoms with E-state index in [9.17, 15) is 14.4 Å². The molecule has 2 heterocycles. The molecule has 0 unspecified atom stereocenters. The molecule has 0 spiro atoms. The molecule has 1 aliphatic heterocycles. The largest absolute Gasteiger partial charge is 0.345 e. The normalized spacial score (nSPS) is 14.2. The lowest BCUT2D eigenvalue weighted by Gasteiger charge is -2.32. The minimum atomic E-state index is -0.353. The molecule has 31 heavy (non-hydrogen) atoms. The number of H-pyrrole nitrogens is 1. The molecule has 0 bridgehead atoms. The number of nitrogens with one attached hydrogen (secondary N) is 2. The van der Waals surface area contributed by atoms with Crippen LogP contribution in [0.4, 0.5) is 0 Å². The number of aromatic nitrogens is 2. The monoisotopic (exact) mass is 459 g/mol. The summed E-state index contributed by atoms with van der Waals surface area (Å²) in [4.78, 5) is 47.7. The zero-order valence-corrected chi connectivity index (χ0v) is 18.1. The molecule has 8 nitrogen and oxygen atoms in total. The Balaban J connectivity index is 1.42. The van der Waals surface area contributed by atoms with Crippen LogP contribution in [0.1, 0.15) is 26.5 Å². The lowest BCUT2D eigenvalue weighted by atomic mass is 10.1. The van der Waals surface area contributed by atoms with Gasteiger partial charge >= 0.3 is 0 Å². The van der Waals surface area contributed by atoms with E-state index in [1.807, 2.05) is 6.07 Å². The SMILES string of the molecule is CN1CCN(C(=O)c2ccc(C(=O)NCc3nc4cc(Cl)ccc4[nH]3)cc2Cl)CC1=O. The molecule has 1 aliphatic rings. The Hall–Kier alpha value is -3.10. The number of imidazole rings is 1. The van der Waals surface area contributed by atoms with Gasteiger partial charge in [0.05, 0.1) is 28.2 Å². The van der Waals surface area contributed by atoms with Crippen molar-refractivity contribution in [2.45, 2.75) is 6.54 Å². The van der Waals surface area contributed by atoms with Gasteiger partial charge in [-0.05, 0) is 36.4 Å². The molecule has 3 aromatic rings. The van der Waals surface area contributed by atoms with Crippen LogP contribution in [0.3, 0.4) is 0 Å². The van der Waals surface area contributed by atoms with Gasteiger partial charge in [-0.1, -0.05) is 23.2 Å². The maximum atomic E-state index is 12.7. The average molecular weight is 460 g/mol. The number of carbonyl (C=O) groups is 3. The van der Waals surface area contributed by atoms with Crippen molar-refractivity contribution < 1.29 is 14.4 Å². The summed E-state index contributed by atoms with van der Waals surface area (Å²) in [6, 6.07) is 9.80. The highest BCUT2D eigenvalue weighted by atomic mass is 35.5. The van der Waals surface area contributed by atoms with E-state index in [0.717, 1.165) is 5.52 Å². The first-order valence-electron chi connectivity index (χ1n) is 9.57. The molecular formula is C21H19Cl2N5O3. The van der Waals surface area contributed by atoms with E-state index in [2.05, 4.69) is 15.3 Å². The first kappa shape index (κ1) is 21.1. The van der Waals surface area contributed by atoms with Crippen LogP contribution in [0.15, 0.2) is 36.4 Å². The van der Waals surface area contributed by atoms with Crippen molar-refractivity contribution in [3.8, 4) is 0 Å². The van der Waals surface area contributed by atoms with Crippen LogP contribution < -0.4 is 5.32 Å². The van der Waals surface area contributed by atoms with Crippen molar-refractivity contribution in [3.05, 3.63) is 63.4 Å². The lowest BCUT2D eigenvalue weighted by molar-refractivity contribution is -0.133. The Labute approximate surface area is 188 Å². The molecule has 2 aromatic carbocycles. The van der Waals surface area contributed by atoms with Gasteiger partial charge in [-0.3, -0.25) is 14.4 Å². The van der Waals surface area contributed by atoms with Crippen LogP contribution in [0.2, 0.25) is 10.0 Å². The summed E-state index contributed by atoms with van der Waals surface area (Å²) in [5, 5.41) is 3.51. The Bertz CT molecular complexity index is 1190. The molecule has 0 radical (unpaired) electrons. The van der Waals surface area contributed by atoms with Crippen LogP contribution in [0.25, 0.3) is 11.0 Å². The van der Waals surface area contributed by atoms with Crippen molar-refractivity contribution in [1.29, 1.82) is 0 Å². The summed E-state index contributed by atoms with van der Waals surface area (Å²) in [5.74, 6) is -0.226. The van der Waals surface area contributed by atoms with E-state index in [4.69, 9.17) is 23.2 Å². The molecular weight excluding hydrogens is 441 g/mol. The van der Waals surface area contributed by atoms with Crippen molar-refractivity contribution in [3.63, 3.8) is 0 Å². The fourth-order valence-electron chi connectivity index (χ4n) is 3.31. The van der Waals surface area contributed by atoms with E-state index in [1.54, 1.807) is 24.1 Å². The first-order valence-corrected chi connectivity index (χ1v) is 10.3. The number of halogens is 2. The number of benzene rings is 2. The molecule has 160 valence electrons. The van der Waals surface area contributed by atoms with Gasteiger partial charge in [-0.2, -0.15) is 0 Å². The van der Waals surface area contributed by atoms with Gasteiger partial charge in [-0.15, -0.1) is 0 Å². The van der Waals surface area contributed by atoms with Gasteiger partial charge in [-0.25, -0.2) is 4.98 Å². The molecule has 3 amide bonds. The van der Waals surface area contributed by atoms with Gasteiger partial charge < -0.3 is 20.1 Å². The number of nitrogens with zero attached hydrogens (tertiary/aromatic N) is 3. The van der Waals surface area contributed by atoms with E-state index < -0.39 is 0 Å². The van der Waals surface area contributed by atoms with Crippen molar-refractivity contribution in [2.75, 3.05) is 26.7 Å². The second-order valence-electron chi connectivity index (χ2n) is 7.26. The fraction of sp³-hybridized carbons (Fsp3) is 0.238. The highest BCUT2D eigenvalue weighted by Gasteiger charge is 2.27. The molecule has 1 aromatic heterocycles. The molecule has 4 rings (SSSR count). The van der Waals surface area contributed by atoms with E-state index in [-0.39, 0.29) is 41.4 Å². The minimum absolute atomic E-state index is 0.0105. The molecule has 10 heteroatoms. The second-order valence-corrected chi connectivity index (χ2v) is 8.11. The zero-order chi connectivity index (χ0) is 22.1. The molecule has 0 aliphatic carbocycles.